The highest BCUT2D eigenvalue weighted by Gasteiger charge is 2.27. The summed E-state index contributed by atoms with van der Waals surface area (Å²) in [7, 11) is 1.58. The maximum atomic E-state index is 12.9. The van der Waals surface area contributed by atoms with Crippen LogP contribution in [0.1, 0.15) is 239 Å². The number of carbonyl (C=O) groups excluding carboxylic acids is 1. The van der Waals surface area contributed by atoms with Gasteiger partial charge in [0, 0.05) is 6.42 Å². The van der Waals surface area contributed by atoms with Gasteiger partial charge in [0.15, 0.2) is 0 Å². The fourth-order valence-corrected chi connectivity index (χ4v) is 8.13. The van der Waals surface area contributed by atoms with E-state index in [0.717, 1.165) is 38.5 Å². The number of nitrogens with zero attached hydrogens (tertiary/aromatic N) is 1. The summed E-state index contributed by atoms with van der Waals surface area (Å²) in [6, 6.07) is -0.846. The van der Waals surface area contributed by atoms with Crippen LogP contribution in [0.2, 0.25) is 0 Å². The Bertz CT molecular complexity index is 1020. The van der Waals surface area contributed by atoms with E-state index in [9.17, 15) is 19.4 Å². The second-order valence-electron chi connectivity index (χ2n) is 18.5. The van der Waals surface area contributed by atoms with Gasteiger partial charge in [-0.3, -0.25) is 13.8 Å². The number of aliphatic hydroxyl groups excluding tert-OH is 1. The molecule has 0 fully saturated rings. The smallest absolute Gasteiger partial charge is 0.387 e. The van der Waals surface area contributed by atoms with Crippen molar-refractivity contribution >= 4 is 13.7 Å². The molecular formula is C50H100N2O6P+. The molecule has 59 heavy (non-hydrogen) atoms. The first-order chi connectivity index (χ1) is 28.5. The topological polar surface area (TPSA) is 105 Å². The van der Waals surface area contributed by atoms with Crippen molar-refractivity contribution in [1.82, 2.24) is 5.32 Å². The Balaban J connectivity index is 4.30. The molecule has 3 N–H and O–H groups in total. The molecule has 0 heterocycles. The molecule has 0 aliphatic carbocycles. The lowest BCUT2D eigenvalue weighted by atomic mass is 10.0. The van der Waals surface area contributed by atoms with Crippen LogP contribution in [-0.4, -0.2) is 73.4 Å². The zero-order valence-corrected chi connectivity index (χ0v) is 40.7. The van der Waals surface area contributed by atoms with E-state index in [1.807, 2.05) is 27.2 Å². The van der Waals surface area contributed by atoms with Gasteiger partial charge in [-0.05, 0) is 44.9 Å². The van der Waals surface area contributed by atoms with Gasteiger partial charge in [0.25, 0.3) is 0 Å². The van der Waals surface area contributed by atoms with E-state index >= 15 is 0 Å². The number of hydrogen-bond donors (Lipinski definition) is 3. The molecule has 350 valence electrons. The van der Waals surface area contributed by atoms with E-state index in [1.165, 1.54) is 180 Å². The van der Waals surface area contributed by atoms with E-state index in [4.69, 9.17) is 9.05 Å². The Kier molecular flexibility index (Phi) is 41.6. The lowest BCUT2D eigenvalue weighted by Gasteiger charge is -2.25. The van der Waals surface area contributed by atoms with Gasteiger partial charge < -0.3 is 19.8 Å². The fraction of sp³-hybridized carbons (Fsp3) is 0.900. The normalized spacial score (nSPS) is 14.4. The Morgan fingerprint density at radius 1 is 0.559 bits per heavy atom. The maximum Gasteiger partial charge on any atom is 0.472 e. The van der Waals surface area contributed by atoms with E-state index < -0.39 is 20.0 Å². The molecule has 1 amide bonds. The van der Waals surface area contributed by atoms with Crippen LogP contribution in [0.15, 0.2) is 24.3 Å². The maximum absolute atomic E-state index is 12.9. The minimum atomic E-state index is -4.34. The first kappa shape index (κ1) is 58.0. The summed E-state index contributed by atoms with van der Waals surface area (Å²) < 4.78 is 23.6. The Morgan fingerprint density at radius 2 is 0.915 bits per heavy atom. The molecule has 0 aliphatic rings. The Hall–Kier alpha value is -1.02. The molecule has 0 rings (SSSR count). The third kappa shape index (κ3) is 44.8. The van der Waals surface area contributed by atoms with E-state index in [1.54, 1.807) is 6.08 Å². The third-order valence-electron chi connectivity index (χ3n) is 11.4. The van der Waals surface area contributed by atoms with Crippen LogP contribution in [0.4, 0.5) is 0 Å². The zero-order chi connectivity index (χ0) is 43.6. The lowest BCUT2D eigenvalue weighted by molar-refractivity contribution is -0.870. The molecule has 0 radical (unpaired) electrons. The average Bonchev–Trinajstić information content (AvgIpc) is 3.19. The predicted octanol–water partition coefficient (Wildman–Crippen LogP) is 14.5. The highest BCUT2D eigenvalue weighted by molar-refractivity contribution is 7.47. The largest absolute Gasteiger partial charge is 0.472 e. The summed E-state index contributed by atoms with van der Waals surface area (Å²) >= 11 is 0. The molecule has 8 nitrogen and oxygen atoms in total. The second-order valence-corrected chi connectivity index (χ2v) is 20.0. The van der Waals surface area contributed by atoms with Gasteiger partial charge in [0.2, 0.25) is 5.91 Å². The minimum absolute atomic E-state index is 0.0620. The number of nitrogens with one attached hydrogen (secondary N) is 1. The van der Waals surface area contributed by atoms with Crippen molar-refractivity contribution in [2.24, 2.45) is 0 Å². The van der Waals surface area contributed by atoms with Crippen LogP contribution in [0.5, 0.6) is 0 Å². The molecule has 0 aliphatic heterocycles. The summed E-state index contributed by atoms with van der Waals surface area (Å²) in [6.07, 6.45) is 51.1. The molecule has 0 aromatic rings. The van der Waals surface area contributed by atoms with Crippen LogP contribution in [0.25, 0.3) is 0 Å². The van der Waals surface area contributed by atoms with Gasteiger partial charge in [-0.15, -0.1) is 0 Å². The number of quaternary nitrogens is 1. The van der Waals surface area contributed by atoms with Gasteiger partial charge in [-0.2, -0.15) is 0 Å². The quantitative estimate of drug-likeness (QED) is 0.0244. The molecule has 3 unspecified atom stereocenters. The van der Waals surface area contributed by atoms with Crippen molar-refractivity contribution in [2.75, 3.05) is 40.9 Å². The molecule has 0 aromatic heterocycles. The number of allylic oxidation sites excluding steroid dienone is 3. The number of aliphatic hydroxyl groups is 1. The zero-order valence-electron chi connectivity index (χ0n) is 39.8. The van der Waals surface area contributed by atoms with Gasteiger partial charge >= 0.3 is 7.82 Å². The summed E-state index contributed by atoms with van der Waals surface area (Å²) in [5.41, 5.74) is 0. The van der Waals surface area contributed by atoms with Crippen molar-refractivity contribution in [3.63, 3.8) is 0 Å². The summed E-state index contributed by atoms with van der Waals surface area (Å²) in [5.74, 6) is -0.180. The van der Waals surface area contributed by atoms with E-state index in [-0.39, 0.29) is 19.1 Å². The highest BCUT2D eigenvalue weighted by Crippen LogP contribution is 2.43. The predicted molar refractivity (Wildman–Crippen MR) is 254 cm³/mol. The van der Waals surface area contributed by atoms with Gasteiger partial charge in [-0.25, -0.2) is 4.57 Å². The summed E-state index contributed by atoms with van der Waals surface area (Å²) in [4.78, 5) is 23.2. The minimum Gasteiger partial charge on any atom is -0.387 e. The molecule has 0 spiro atoms. The SMILES string of the molecule is CCCCCC/C=C\CCCCCCCCCC(=O)NC(COP(=O)(O)OCC[N+](C)(C)C)C(O)/C=C/CCCCCCCCCCCCCCCCCCCCCC. The lowest BCUT2D eigenvalue weighted by Crippen LogP contribution is -2.45. The first-order valence-electron chi connectivity index (χ1n) is 25.2. The van der Waals surface area contributed by atoms with Crippen molar-refractivity contribution in [2.45, 2.75) is 251 Å². The van der Waals surface area contributed by atoms with Gasteiger partial charge in [-0.1, -0.05) is 212 Å². The fourth-order valence-electron chi connectivity index (χ4n) is 7.39. The van der Waals surface area contributed by atoms with Crippen LogP contribution in [-0.2, 0) is 18.4 Å². The molecule has 0 saturated heterocycles. The second kappa shape index (κ2) is 42.3. The molecular weight excluding hydrogens is 756 g/mol. The highest BCUT2D eigenvalue weighted by atomic mass is 31.2. The van der Waals surface area contributed by atoms with Gasteiger partial charge in [0.05, 0.1) is 39.9 Å². The van der Waals surface area contributed by atoms with E-state index in [0.29, 0.717) is 17.4 Å². The van der Waals surface area contributed by atoms with Crippen molar-refractivity contribution < 1.29 is 32.9 Å². The monoisotopic (exact) mass is 856 g/mol. The van der Waals surface area contributed by atoms with Crippen LogP contribution in [0, 0.1) is 0 Å². The number of phosphoric acid groups is 1. The van der Waals surface area contributed by atoms with Crippen molar-refractivity contribution in [3.05, 3.63) is 24.3 Å². The third-order valence-corrected chi connectivity index (χ3v) is 12.4. The van der Waals surface area contributed by atoms with Gasteiger partial charge in [0.1, 0.15) is 13.2 Å². The van der Waals surface area contributed by atoms with Crippen LogP contribution in [0.3, 0.4) is 0 Å². The number of carbonyl (C=O) groups is 1. The van der Waals surface area contributed by atoms with Crippen LogP contribution >= 0.6 is 7.82 Å². The molecule has 9 heteroatoms. The summed E-state index contributed by atoms with van der Waals surface area (Å²) in [5, 5.41) is 13.9. The molecule has 0 saturated carbocycles. The van der Waals surface area contributed by atoms with Crippen LogP contribution < -0.4 is 5.32 Å². The number of hydrogen-bond acceptors (Lipinski definition) is 5. The Labute approximate surface area is 366 Å². The van der Waals surface area contributed by atoms with Crippen molar-refractivity contribution in [1.29, 1.82) is 0 Å². The number of phosphoric ester groups is 1. The molecule has 3 atom stereocenters. The Morgan fingerprint density at radius 3 is 1.32 bits per heavy atom. The first-order valence-corrected chi connectivity index (χ1v) is 26.7. The number of rotatable bonds is 46. The van der Waals surface area contributed by atoms with Crippen molar-refractivity contribution in [3.8, 4) is 0 Å². The standard InChI is InChI=1S/C50H99N2O6P/c1-6-8-10-12-14-16-18-20-22-23-24-25-26-27-28-30-31-33-35-37-39-41-43-49(53)48(47-58-59(55,56)57-46-45-52(3,4)5)51-50(54)44-42-40-38-36-34-32-29-21-19-17-15-13-11-9-7-2/h17,19,41,43,48-49,53H,6-16,18,20-40,42,44-47H2,1-5H3,(H-,51,54,55,56)/p+1/b19-17-,43-41+. The van der Waals surface area contributed by atoms with E-state index in [2.05, 4.69) is 31.3 Å². The number of amides is 1. The number of unbranched alkanes of at least 4 members (excludes halogenated alkanes) is 31. The summed E-state index contributed by atoms with van der Waals surface area (Å²) in [6.45, 7) is 4.82. The number of likely N-dealkylation sites (N-methyl/N-ethyl adjacent to an activating group) is 1. The average molecular weight is 856 g/mol. The molecule has 0 bridgehead atoms. The molecule has 0 aromatic carbocycles.